The van der Waals surface area contributed by atoms with Crippen LogP contribution in [-0.2, 0) is 35.3 Å². The summed E-state index contributed by atoms with van der Waals surface area (Å²) >= 11 is 8.36. The van der Waals surface area contributed by atoms with Crippen molar-refractivity contribution in [2.75, 3.05) is 24.6 Å². The first-order valence-corrected chi connectivity index (χ1v) is 15.8. The van der Waals surface area contributed by atoms with Gasteiger partial charge in [-0.15, -0.1) is 11.8 Å². The van der Waals surface area contributed by atoms with Gasteiger partial charge in [-0.2, -0.15) is 9.36 Å². The molecule has 2 aliphatic rings. The summed E-state index contributed by atoms with van der Waals surface area (Å²) in [5.41, 5.74) is 4.91. The number of nitro benzene ring substituents is 1. The van der Waals surface area contributed by atoms with Crippen molar-refractivity contribution in [3.8, 4) is 0 Å². The molecule has 4 rings (SSSR count). The first-order valence-electron chi connectivity index (χ1n) is 13.6. The van der Waals surface area contributed by atoms with E-state index in [1.54, 1.807) is 20.8 Å². The van der Waals surface area contributed by atoms with E-state index in [1.807, 2.05) is 0 Å². The number of carbonyl (C=O) groups is 4. The van der Waals surface area contributed by atoms with Crippen LogP contribution in [0.1, 0.15) is 38.6 Å². The molecule has 1 fully saturated rings. The number of alkyl carbamates (subject to hydrolysis) is 1. The molecule has 2 aliphatic heterocycles. The van der Waals surface area contributed by atoms with Crippen LogP contribution in [0.3, 0.4) is 0 Å². The van der Waals surface area contributed by atoms with Gasteiger partial charge in [-0.3, -0.25) is 24.6 Å². The van der Waals surface area contributed by atoms with E-state index in [1.165, 1.54) is 36.0 Å². The molecular weight excluding hydrogens is 668 g/mol. The number of nitrogens with one attached hydrogen (secondary N) is 2. The predicted octanol–water partition coefficient (Wildman–Crippen LogP) is 2.26. The summed E-state index contributed by atoms with van der Waals surface area (Å²) in [7, 11) is 0. The van der Waals surface area contributed by atoms with Gasteiger partial charge in [0.1, 0.15) is 35.9 Å². The second kappa shape index (κ2) is 14.7. The van der Waals surface area contributed by atoms with Gasteiger partial charge in [0.05, 0.1) is 9.96 Å². The van der Waals surface area contributed by atoms with Gasteiger partial charge in [-0.1, -0.05) is 16.8 Å². The standard InChI is InChI=1S/C26H29ClN8O9S2/c1-26(2,3)44-25(39)29-9-4-10-43-32-16(19-31-24(28)46-33-19)20(36)30-17-21(37)34-18(15(27)12-45-22(17)34)23(38)42-11-13-5-7-14(8-6-13)35(40)41/h5-8,17,22H,4,9-12H2,1-3H3,(H,29,39)(H,30,36)(H2,28,31,33)/t17?,22-/m1/s1. The fourth-order valence-corrected chi connectivity index (χ4v) is 5.96. The van der Waals surface area contributed by atoms with Crippen molar-refractivity contribution in [1.82, 2.24) is 24.9 Å². The zero-order chi connectivity index (χ0) is 33.6. The van der Waals surface area contributed by atoms with E-state index < -0.39 is 45.8 Å². The second-order valence-corrected chi connectivity index (χ2v) is 13.0. The Labute approximate surface area is 275 Å². The highest BCUT2D eigenvalue weighted by atomic mass is 35.5. The average Bonchev–Trinajstić information content (AvgIpc) is 3.42. The van der Waals surface area contributed by atoms with Crippen molar-refractivity contribution in [2.24, 2.45) is 5.16 Å². The maximum absolute atomic E-state index is 13.3. The van der Waals surface area contributed by atoms with Crippen LogP contribution in [0.5, 0.6) is 0 Å². The second-order valence-electron chi connectivity index (χ2n) is 10.6. The van der Waals surface area contributed by atoms with E-state index >= 15 is 0 Å². The number of aromatic nitrogens is 2. The third-order valence-corrected chi connectivity index (χ3v) is 8.32. The zero-order valence-electron chi connectivity index (χ0n) is 24.7. The molecule has 246 valence electrons. The minimum Gasteiger partial charge on any atom is -0.456 e. The van der Waals surface area contributed by atoms with Gasteiger partial charge in [0, 0.05) is 42.4 Å². The summed E-state index contributed by atoms with van der Waals surface area (Å²) in [4.78, 5) is 71.9. The number of oxime groups is 1. The normalized spacial score (nSPS) is 17.9. The number of hydrogen-bond acceptors (Lipinski definition) is 15. The Morgan fingerprint density at radius 2 is 1.98 bits per heavy atom. The molecule has 4 N–H and O–H groups in total. The molecule has 0 spiro atoms. The van der Waals surface area contributed by atoms with E-state index in [0.717, 1.165) is 16.4 Å². The highest BCUT2D eigenvalue weighted by Gasteiger charge is 2.54. The minimum absolute atomic E-state index is 0.00938. The van der Waals surface area contributed by atoms with Gasteiger partial charge in [0.25, 0.3) is 17.5 Å². The highest BCUT2D eigenvalue weighted by molar-refractivity contribution is 8.00. The minimum atomic E-state index is -1.06. The Hall–Kier alpha value is -4.49. The van der Waals surface area contributed by atoms with Gasteiger partial charge in [-0.25, -0.2) is 9.59 Å². The fraction of sp³-hybridized carbons (Fsp3) is 0.423. The summed E-state index contributed by atoms with van der Waals surface area (Å²) in [6.07, 6.45) is -0.259. The number of carbonyl (C=O) groups excluding carboxylic acids is 4. The summed E-state index contributed by atoms with van der Waals surface area (Å²) < 4.78 is 14.5. The maximum Gasteiger partial charge on any atom is 0.407 e. The topological polar surface area (TPSA) is 231 Å². The number of nitrogens with two attached hydrogens (primary N) is 1. The van der Waals surface area contributed by atoms with E-state index in [9.17, 15) is 29.3 Å². The summed E-state index contributed by atoms with van der Waals surface area (Å²) in [5.74, 6) is -2.27. The lowest BCUT2D eigenvalue weighted by atomic mass is 10.0. The molecule has 20 heteroatoms. The molecule has 2 atom stereocenters. The Morgan fingerprint density at radius 1 is 1.26 bits per heavy atom. The molecule has 3 amide bonds. The van der Waals surface area contributed by atoms with Crippen molar-refractivity contribution in [2.45, 2.75) is 50.8 Å². The third-order valence-electron chi connectivity index (χ3n) is 6.02. The lowest BCUT2D eigenvalue weighted by Crippen LogP contribution is -2.71. The molecule has 1 aromatic heterocycles. The van der Waals surface area contributed by atoms with E-state index in [0.29, 0.717) is 12.0 Å². The quantitative estimate of drug-likeness (QED) is 0.0723. The van der Waals surface area contributed by atoms with Crippen molar-refractivity contribution in [1.29, 1.82) is 0 Å². The number of anilines is 1. The monoisotopic (exact) mass is 696 g/mol. The number of rotatable bonds is 12. The van der Waals surface area contributed by atoms with Crippen LogP contribution < -0.4 is 16.4 Å². The molecule has 2 aromatic rings. The van der Waals surface area contributed by atoms with Gasteiger partial charge in [-0.05, 0) is 38.5 Å². The number of thioether (sulfide) groups is 1. The van der Waals surface area contributed by atoms with Gasteiger partial charge in [0.15, 0.2) is 5.13 Å². The fourth-order valence-electron chi connectivity index (χ4n) is 3.98. The van der Waals surface area contributed by atoms with Crippen LogP contribution in [0.15, 0.2) is 40.2 Å². The van der Waals surface area contributed by atoms with Crippen molar-refractivity contribution < 1.29 is 38.4 Å². The number of halogens is 1. The number of nitro groups is 1. The number of amides is 3. The first-order chi connectivity index (χ1) is 21.7. The average molecular weight is 697 g/mol. The van der Waals surface area contributed by atoms with Crippen molar-refractivity contribution in [3.05, 3.63) is 56.5 Å². The molecule has 0 radical (unpaired) electrons. The SMILES string of the molecule is CC(C)(C)OC(=O)NCCCON=C(C(=O)NC1C(=O)N2C(C(=O)OCc3ccc([N+](=O)[O-])cc3)=C(Cl)CS[C@H]12)c1nsc(N)n1. The summed E-state index contributed by atoms with van der Waals surface area (Å²) in [6.45, 7) is 5.23. The number of nitrogens with zero attached hydrogens (tertiary/aromatic N) is 5. The Kier molecular flexibility index (Phi) is 11.0. The molecule has 1 aromatic carbocycles. The zero-order valence-corrected chi connectivity index (χ0v) is 27.1. The molecule has 0 aliphatic carbocycles. The van der Waals surface area contributed by atoms with E-state index in [-0.39, 0.29) is 58.6 Å². The Bertz CT molecular complexity index is 1580. The molecule has 1 saturated heterocycles. The van der Waals surface area contributed by atoms with Gasteiger partial charge in [0.2, 0.25) is 11.5 Å². The molecule has 46 heavy (non-hydrogen) atoms. The smallest absolute Gasteiger partial charge is 0.407 e. The number of esters is 1. The van der Waals surface area contributed by atoms with Crippen LogP contribution in [0.2, 0.25) is 0 Å². The lowest BCUT2D eigenvalue weighted by molar-refractivity contribution is -0.384. The van der Waals surface area contributed by atoms with Crippen molar-refractivity contribution in [3.63, 3.8) is 0 Å². The predicted molar refractivity (Wildman–Crippen MR) is 166 cm³/mol. The molecule has 0 saturated carbocycles. The molecular formula is C26H29ClN8O9S2. The summed E-state index contributed by atoms with van der Waals surface area (Å²) in [5, 5.41) is 19.4. The van der Waals surface area contributed by atoms with Crippen LogP contribution in [0, 0.1) is 10.1 Å². The number of hydrogen-bond donors (Lipinski definition) is 3. The Morgan fingerprint density at radius 3 is 2.61 bits per heavy atom. The highest BCUT2D eigenvalue weighted by Crippen LogP contribution is 2.41. The third kappa shape index (κ3) is 8.61. The number of benzene rings is 1. The number of β-lactam (4-membered cyclic amide) rings is 1. The largest absolute Gasteiger partial charge is 0.456 e. The van der Waals surface area contributed by atoms with Gasteiger partial charge >= 0.3 is 12.1 Å². The van der Waals surface area contributed by atoms with Crippen LogP contribution in [0.25, 0.3) is 0 Å². The lowest BCUT2D eigenvalue weighted by Gasteiger charge is -2.49. The van der Waals surface area contributed by atoms with E-state index in [2.05, 4.69) is 25.1 Å². The molecule has 17 nitrogen and oxygen atoms in total. The number of ether oxygens (including phenoxy) is 2. The Balaban J connectivity index is 1.35. The molecule has 3 heterocycles. The van der Waals surface area contributed by atoms with Crippen LogP contribution >= 0.6 is 34.9 Å². The number of nitrogen functional groups attached to an aromatic ring is 1. The number of non-ortho nitro benzene ring substituents is 1. The van der Waals surface area contributed by atoms with Crippen LogP contribution in [-0.4, -0.2) is 84.7 Å². The first kappa shape index (κ1) is 34.4. The van der Waals surface area contributed by atoms with Crippen molar-refractivity contribution >= 4 is 75.3 Å². The molecule has 0 bridgehead atoms. The van der Waals surface area contributed by atoms with E-state index in [4.69, 9.17) is 31.6 Å². The molecule has 1 unspecified atom stereocenters. The van der Waals surface area contributed by atoms with Gasteiger partial charge < -0.3 is 30.7 Å². The maximum atomic E-state index is 13.3. The van der Waals surface area contributed by atoms with Crippen LogP contribution in [0.4, 0.5) is 15.6 Å². The number of fused-ring (bicyclic) bond motifs is 1. The summed E-state index contributed by atoms with van der Waals surface area (Å²) in [6, 6.07) is 4.37.